The Morgan fingerprint density at radius 1 is 1.26 bits per heavy atom. The Morgan fingerprint density at radius 3 is 2.56 bits per heavy atom. The number of piperidine rings is 1. The molecule has 1 amide bonds. The third-order valence-corrected chi connectivity index (χ3v) is 6.14. The quantitative estimate of drug-likeness (QED) is 0.804. The molecule has 1 unspecified atom stereocenters. The fraction of sp³-hybridized carbons (Fsp3) is 0.750. The van der Waals surface area contributed by atoms with Crippen molar-refractivity contribution in [2.45, 2.75) is 52.5 Å². The molecule has 2 aliphatic rings. The summed E-state index contributed by atoms with van der Waals surface area (Å²) in [4.78, 5) is 26.2. The highest BCUT2D eigenvalue weighted by Crippen LogP contribution is 2.22. The van der Waals surface area contributed by atoms with Crippen molar-refractivity contribution in [3.8, 4) is 0 Å². The summed E-state index contributed by atoms with van der Waals surface area (Å²) in [6.07, 6.45) is 6.28. The summed E-state index contributed by atoms with van der Waals surface area (Å²) < 4.78 is 0. The Labute approximate surface area is 167 Å². The van der Waals surface area contributed by atoms with E-state index in [1.807, 2.05) is 0 Å². The van der Waals surface area contributed by atoms with Crippen molar-refractivity contribution in [3.63, 3.8) is 0 Å². The number of rotatable bonds is 6. The molecule has 1 N–H and O–H groups in total. The summed E-state index contributed by atoms with van der Waals surface area (Å²) in [5.41, 5.74) is 0.281. The highest BCUT2D eigenvalue weighted by Gasteiger charge is 2.27. The van der Waals surface area contributed by atoms with E-state index in [9.17, 15) is 4.79 Å². The van der Waals surface area contributed by atoms with E-state index < -0.39 is 0 Å². The summed E-state index contributed by atoms with van der Waals surface area (Å²) in [6, 6.07) is 0.333. The van der Waals surface area contributed by atoms with Gasteiger partial charge in [0, 0.05) is 25.7 Å². The molecule has 3 heterocycles. The van der Waals surface area contributed by atoms with E-state index in [4.69, 9.17) is 11.6 Å². The largest absolute Gasteiger partial charge is 0.349 e. The van der Waals surface area contributed by atoms with E-state index in [0.29, 0.717) is 29.5 Å². The lowest BCUT2D eigenvalue weighted by Crippen LogP contribution is -2.49. The molecule has 1 aromatic rings. The van der Waals surface area contributed by atoms with Crippen molar-refractivity contribution in [2.24, 2.45) is 11.8 Å². The summed E-state index contributed by atoms with van der Waals surface area (Å²) in [5, 5.41) is 3.38. The second-order valence-electron chi connectivity index (χ2n) is 8.30. The number of carbonyl (C=O) groups excluding carboxylic acids is 1. The molecule has 150 valence electrons. The smallest absolute Gasteiger partial charge is 0.271 e. The maximum atomic E-state index is 12.8. The van der Waals surface area contributed by atoms with Crippen LogP contribution in [0.1, 0.15) is 56.9 Å². The van der Waals surface area contributed by atoms with E-state index in [0.717, 1.165) is 44.9 Å². The van der Waals surface area contributed by atoms with Gasteiger partial charge in [-0.25, -0.2) is 9.97 Å². The van der Waals surface area contributed by atoms with Crippen LogP contribution in [0, 0.1) is 11.8 Å². The number of hydrogen-bond acceptors (Lipinski definition) is 5. The van der Waals surface area contributed by atoms with Crippen molar-refractivity contribution < 1.29 is 4.79 Å². The first-order valence-corrected chi connectivity index (χ1v) is 10.6. The number of amides is 1. The van der Waals surface area contributed by atoms with Crippen LogP contribution in [0.4, 0.5) is 5.95 Å². The molecule has 1 atom stereocenters. The second-order valence-corrected chi connectivity index (χ2v) is 8.71. The van der Waals surface area contributed by atoms with Gasteiger partial charge in [0.05, 0.1) is 11.2 Å². The molecule has 27 heavy (non-hydrogen) atoms. The van der Waals surface area contributed by atoms with Crippen LogP contribution < -0.4 is 10.2 Å². The van der Waals surface area contributed by atoms with Gasteiger partial charge in [0.1, 0.15) is 0 Å². The molecule has 0 aliphatic carbocycles. The van der Waals surface area contributed by atoms with Crippen molar-refractivity contribution in [1.82, 2.24) is 20.2 Å². The van der Waals surface area contributed by atoms with Gasteiger partial charge in [0.15, 0.2) is 5.69 Å². The summed E-state index contributed by atoms with van der Waals surface area (Å²) >= 11 is 6.23. The molecule has 0 aromatic carbocycles. The van der Waals surface area contributed by atoms with Crippen LogP contribution in [0.3, 0.4) is 0 Å². The molecule has 2 aliphatic heterocycles. The summed E-state index contributed by atoms with van der Waals surface area (Å²) in [7, 11) is 0. The molecule has 7 heteroatoms. The average Bonchev–Trinajstić information content (AvgIpc) is 3.18. The minimum Gasteiger partial charge on any atom is -0.349 e. The molecular weight excluding hydrogens is 362 g/mol. The zero-order chi connectivity index (χ0) is 19.4. The third kappa shape index (κ3) is 5.11. The number of aromatic nitrogens is 2. The number of nitrogens with one attached hydrogen (secondary N) is 1. The van der Waals surface area contributed by atoms with Gasteiger partial charge in [0.25, 0.3) is 5.91 Å². The lowest BCUT2D eigenvalue weighted by atomic mass is 9.94. The summed E-state index contributed by atoms with van der Waals surface area (Å²) in [5.74, 6) is 1.67. The van der Waals surface area contributed by atoms with Gasteiger partial charge in [-0.3, -0.25) is 9.69 Å². The minimum absolute atomic E-state index is 0.209. The van der Waals surface area contributed by atoms with E-state index in [2.05, 4.69) is 45.9 Å². The first kappa shape index (κ1) is 20.3. The first-order valence-electron chi connectivity index (χ1n) is 10.3. The lowest BCUT2D eigenvalue weighted by Gasteiger charge is -2.38. The fourth-order valence-corrected chi connectivity index (χ4v) is 4.19. The van der Waals surface area contributed by atoms with Crippen molar-refractivity contribution in [2.75, 3.05) is 37.6 Å². The highest BCUT2D eigenvalue weighted by molar-refractivity contribution is 6.33. The van der Waals surface area contributed by atoms with Crippen molar-refractivity contribution >= 4 is 23.5 Å². The van der Waals surface area contributed by atoms with Gasteiger partial charge in [0.2, 0.25) is 5.95 Å². The van der Waals surface area contributed by atoms with Crippen LogP contribution in [0.2, 0.25) is 5.02 Å². The Bertz CT molecular complexity index is 639. The second kappa shape index (κ2) is 9.20. The van der Waals surface area contributed by atoms with Crippen LogP contribution in [-0.2, 0) is 0 Å². The van der Waals surface area contributed by atoms with Gasteiger partial charge >= 0.3 is 0 Å². The SMILES string of the molecule is CC1CCN(C(CNC(=O)c2nc(N3CCCC3)ncc2Cl)C(C)C)CC1. The van der Waals surface area contributed by atoms with Gasteiger partial charge in [-0.2, -0.15) is 0 Å². The molecule has 2 fully saturated rings. The molecule has 0 spiro atoms. The molecular formula is C20H32ClN5O. The number of anilines is 1. The van der Waals surface area contributed by atoms with E-state index in [-0.39, 0.29) is 11.6 Å². The zero-order valence-electron chi connectivity index (χ0n) is 16.7. The molecule has 0 saturated carbocycles. The normalized spacial score (nSPS) is 20.3. The number of halogens is 1. The fourth-order valence-electron chi connectivity index (χ4n) is 4.01. The Balaban J connectivity index is 1.64. The molecule has 6 nitrogen and oxygen atoms in total. The molecule has 3 rings (SSSR count). The van der Waals surface area contributed by atoms with Crippen LogP contribution in [0.5, 0.6) is 0 Å². The van der Waals surface area contributed by atoms with Crippen LogP contribution >= 0.6 is 11.6 Å². The van der Waals surface area contributed by atoms with Gasteiger partial charge in [-0.1, -0.05) is 32.4 Å². The van der Waals surface area contributed by atoms with E-state index in [1.54, 1.807) is 6.20 Å². The van der Waals surface area contributed by atoms with Crippen LogP contribution in [-0.4, -0.2) is 59.5 Å². The average molecular weight is 394 g/mol. The maximum Gasteiger partial charge on any atom is 0.271 e. The number of hydrogen-bond donors (Lipinski definition) is 1. The maximum absolute atomic E-state index is 12.8. The molecule has 0 bridgehead atoms. The van der Waals surface area contributed by atoms with E-state index in [1.165, 1.54) is 12.8 Å². The highest BCUT2D eigenvalue weighted by atomic mass is 35.5. The summed E-state index contributed by atoms with van der Waals surface area (Å²) in [6.45, 7) is 11.5. The number of carbonyl (C=O) groups is 1. The van der Waals surface area contributed by atoms with Crippen LogP contribution in [0.15, 0.2) is 6.20 Å². The number of nitrogens with zero attached hydrogens (tertiary/aromatic N) is 4. The minimum atomic E-state index is -0.209. The zero-order valence-corrected chi connectivity index (χ0v) is 17.5. The van der Waals surface area contributed by atoms with Gasteiger partial charge < -0.3 is 10.2 Å². The molecule has 1 aromatic heterocycles. The Kier molecular flexibility index (Phi) is 6.93. The molecule has 2 saturated heterocycles. The van der Waals surface area contributed by atoms with E-state index >= 15 is 0 Å². The van der Waals surface area contributed by atoms with Crippen LogP contribution in [0.25, 0.3) is 0 Å². The van der Waals surface area contributed by atoms with Crippen molar-refractivity contribution in [1.29, 1.82) is 0 Å². The molecule has 0 radical (unpaired) electrons. The Morgan fingerprint density at radius 2 is 1.93 bits per heavy atom. The first-order chi connectivity index (χ1) is 13.0. The van der Waals surface area contributed by atoms with Gasteiger partial charge in [-0.05, 0) is 50.6 Å². The Hall–Kier alpha value is -1.40. The van der Waals surface area contributed by atoms with Crippen molar-refractivity contribution in [3.05, 3.63) is 16.9 Å². The number of likely N-dealkylation sites (tertiary alicyclic amines) is 1. The topological polar surface area (TPSA) is 61.4 Å². The monoisotopic (exact) mass is 393 g/mol. The lowest BCUT2D eigenvalue weighted by molar-refractivity contribution is 0.0859. The standard InChI is InChI=1S/C20H32ClN5O/c1-14(2)17(25-10-6-15(3)7-11-25)13-22-19(27)18-16(21)12-23-20(24-18)26-8-4-5-9-26/h12,14-15,17H,4-11,13H2,1-3H3,(H,22,27). The predicted octanol–water partition coefficient (Wildman–Crippen LogP) is 3.22. The predicted molar refractivity (Wildman–Crippen MR) is 109 cm³/mol. The van der Waals surface area contributed by atoms with Gasteiger partial charge in [-0.15, -0.1) is 0 Å². The third-order valence-electron chi connectivity index (χ3n) is 5.86.